The van der Waals surface area contributed by atoms with Crippen molar-refractivity contribution >= 4 is 55.7 Å². The highest BCUT2D eigenvalue weighted by Gasteiger charge is 2.48. The van der Waals surface area contributed by atoms with Crippen LogP contribution in [0.15, 0.2) is 54.1 Å². The number of anilines is 1. The molecular weight excluding hydrogens is 524 g/mol. The van der Waals surface area contributed by atoms with E-state index in [1.54, 1.807) is 0 Å². The molecule has 1 aromatic heterocycles. The lowest BCUT2D eigenvalue weighted by molar-refractivity contribution is -0.132. The fourth-order valence-electron chi connectivity index (χ4n) is 4.65. The van der Waals surface area contributed by atoms with E-state index in [1.807, 2.05) is 57.2 Å². The Morgan fingerprint density at radius 3 is 2.39 bits per heavy atom. The van der Waals surface area contributed by atoms with Gasteiger partial charge in [-0.25, -0.2) is 4.98 Å². The molecule has 7 nitrogen and oxygen atoms in total. The number of hydrogen-bond acceptors (Lipinski definition) is 7. The summed E-state index contributed by atoms with van der Waals surface area (Å²) in [6.45, 7) is 5.94. The van der Waals surface area contributed by atoms with Crippen LogP contribution in [-0.4, -0.2) is 36.0 Å². The summed E-state index contributed by atoms with van der Waals surface area (Å²) >= 11 is 7.59. The van der Waals surface area contributed by atoms with Crippen LogP contribution in [0.5, 0.6) is 11.5 Å². The number of aryl methyl sites for hydroxylation is 3. The molecule has 5 rings (SSSR count). The normalized spacial score (nSPS) is 16.9. The topological polar surface area (TPSA) is 89.0 Å². The lowest BCUT2D eigenvalue weighted by Gasteiger charge is -2.23. The van der Waals surface area contributed by atoms with Crippen molar-refractivity contribution in [2.24, 2.45) is 0 Å². The Bertz CT molecular complexity index is 1620. The Balaban J connectivity index is 1.77. The number of aliphatic hydroxyl groups is 1. The average molecular weight is 549 g/mol. The number of carbonyl (C=O) groups is 2. The maximum Gasteiger partial charge on any atom is 0.301 e. The first-order chi connectivity index (χ1) is 18.1. The van der Waals surface area contributed by atoms with Gasteiger partial charge >= 0.3 is 5.91 Å². The molecule has 1 atom stereocenters. The molecule has 0 aliphatic carbocycles. The molecule has 194 valence electrons. The number of ether oxygens (including phenoxy) is 2. The Morgan fingerprint density at radius 1 is 1.00 bits per heavy atom. The van der Waals surface area contributed by atoms with Gasteiger partial charge in [0.15, 0.2) is 5.13 Å². The molecule has 0 spiro atoms. The third kappa shape index (κ3) is 4.19. The van der Waals surface area contributed by atoms with Crippen LogP contribution in [0.3, 0.4) is 0 Å². The van der Waals surface area contributed by atoms with E-state index in [4.69, 9.17) is 26.1 Å². The van der Waals surface area contributed by atoms with Crippen molar-refractivity contribution in [3.63, 3.8) is 0 Å². The van der Waals surface area contributed by atoms with Gasteiger partial charge in [0.05, 0.1) is 46.6 Å². The van der Waals surface area contributed by atoms with Gasteiger partial charge in [-0.2, -0.15) is 0 Å². The lowest BCUT2D eigenvalue weighted by Crippen LogP contribution is -2.29. The number of halogens is 1. The highest BCUT2D eigenvalue weighted by atomic mass is 35.5. The second kappa shape index (κ2) is 9.78. The fourth-order valence-corrected chi connectivity index (χ4v) is 5.95. The van der Waals surface area contributed by atoms with Crippen LogP contribution in [0.2, 0.25) is 5.02 Å². The van der Waals surface area contributed by atoms with Crippen LogP contribution in [0, 0.1) is 20.8 Å². The lowest BCUT2D eigenvalue weighted by atomic mass is 9.94. The predicted molar refractivity (Wildman–Crippen MR) is 150 cm³/mol. The summed E-state index contributed by atoms with van der Waals surface area (Å²) in [7, 11) is 2.87. The third-order valence-corrected chi connectivity index (χ3v) is 8.04. The molecular formula is C29H25ClN2O5S. The number of ketones is 1. The molecule has 1 aliphatic heterocycles. The molecule has 38 heavy (non-hydrogen) atoms. The van der Waals surface area contributed by atoms with Crippen LogP contribution in [-0.2, 0) is 9.59 Å². The zero-order valence-corrected chi connectivity index (χ0v) is 23.0. The van der Waals surface area contributed by atoms with Crippen LogP contribution < -0.4 is 14.4 Å². The highest BCUT2D eigenvalue weighted by Crippen LogP contribution is 2.46. The van der Waals surface area contributed by atoms with E-state index >= 15 is 0 Å². The second-order valence-corrected chi connectivity index (χ2v) is 10.6. The van der Waals surface area contributed by atoms with E-state index in [-0.39, 0.29) is 27.7 Å². The van der Waals surface area contributed by atoms with Gasteiger partial charge < -0.3 is 14.6 Å². The van der Waals surface area contributed by atoms with E-state index in [0.717, 1.165) is 26.9 Å². The number of aromatic nitrogens is 1. The minimum Gasteiger partial charge on any atom is -0.507 e. The monoisotopic (exact) mass is 548 g/mol. The number of rotatable bonds is 5. The standard InChI is InChI=1S/C29H25ClN2O5S/c1-14-7-6-8-17(9-14)25-24(26(33)18-12-22(37-5)19(30)13-21(18)36-4)27(34)28(35)32(25)29-31-20-10-15(2)16(3)11-23(20)38-29/h6-13,25,33H,1-5H3/b26-24+. The van der Waals surface area contributed by atoms with Gasteiger partial charge in [0.25, 0.3) is 5.78 Å². The SMILES string of the molecule is COc1cc(/C(O)=C2\C(=O)C(=O)N(c3nc4cc(C)c(C)cc4s3)C2c2cccc(C)c2)c(OC)cc1Cl. The number of carbonyl (C=O) groups excluding carboxylic acids is 2. The summed E-state index contributed by atoms with van der Waals surface area (Å²) in [5.74, 6) is -1.47. The zero-order valence-electron chi connectivity index (χ0n) is 21.5. The van der Waals surface area contributed by atoms with Gasteiger partial charge in [-0.1, -0.05) is 52.8 Å². The second-order valence-electron chi connectivity index (χ2n) is 9.17. The first-order valence-electron chi connectivity index (χ1n) is 11.8. The van der Waals surface area contributed by atoms with Crippen molar-refractivity contribution in [3.8, 4) is 11.5 Å². The van der Waals surface area contributed by atoms with Crippen LogP contribution >= 0.6 is 22.9 Å². The zero-order chi connectivity index (χ0) is 27.3. The summed E-state index contributed by atoms with van der Waals surface area (Å²) in [6.07, 6.45) is 0. The number of Topliss-reactive ketones (excluding diaryl/α,β-unsaturated/α-hetero) is 1. The van der Waals surface area contributed by atoms with Crippen molar-refractivity contribution in [2.75, 3.05) is 19.1 Å². The summed E-state index contributed by atoms with van der Waals surface area (Å²) in [4.78, 5) is 33.3. The fraction of sp³-hybridized carbons (Fsp3) is 0.207. The van der Waals surface area contributed by atoms with Gasteiger partial charge in [-0.15, -0.1) is 0 Å². The quantitative estimate of drug-likeness (QED) is 0.173. The highest BCUT2D eigenvalue weighted by molar-refractivity contribution is 7.22. The number of aliphatic hydroxyl groups excluding tert-OH is 1. The summed E-state index contributed by atoms with van der Waals surface area (Å²) in [5.41, 5.74) is 4.63. The van der Waals surface area contributed by atoms with E-state index in [9.17, 15) is 14.7 Å². The largest absolute Gasteiger partial charge is 0.507 e. The number of fused-ring (bicyclic) bond motifs is 1. The van der Waals surface area contributed by atoms with Gasteiger partial charge in [-0.05, 0) is 55.7 Å². The smallest absolute Gasteiger partial charge is 0.301 e. The van der Waals surface area contributed by atoms with Gasteiger partial charge in [0.1, 0.15) is 17.3 Å². The van der Waals surface area contributed by atoms with Crippen molar-refractivity contribution in [3.05, 3.63) is 86.9 Å². The Morgan fingerprint density at radius 2 is 1.71 bits per heavy atom. The third-order valence-electron chi connectivity index (χ3n) is 6.73. The van der Waals surface area contributed by atoms with E-state index in [2.05, 4.69) is 0 Å². The molecule has 4 aromatic rings. The first-order valence-corrected chi connectivity index (χ1v) is 13.0. The molecule has 0 bridgehead atoms. The van der Waals surface area contributed by atoms with Crippen molar-refractivity contribution in [1.82, 2.24) is 4.98 Å². The molecule has 2 heterocycles. The number of thiazole rings is 1. The minimum atomic E-state index is -0.913. The Kier molecular flexibility index (Phi) is 6.63. The molecule has 1 fully saturated rings. The number of nitrogens with zero attached hydrogens (tertiary/aromatic N) is 2. The van der Waals surface area contributed by atoms with E-state index < -0.39 is 23.5 Å². The van der Waals surface area contributed by atoms with Crippen molar-refractivity contribution in [1.29, 1.82) is 0 Å². The average Bonchev–Trinajstić information content (AvgIpc) is 3.40. The van der Waals surface area contributed by atoms with Gasteiger partial charge in [0, 0.05) is 6.07 Å². The predicted octanol–water partition coefficient (Wildman–Crippen LogP) is 6.52. The van der Waals surface area contributed by atoms with E-state index in [0.29, 0.717) is 10.7 Å². The van der Waals surface area contributed by atoms with Crippen LogP contribution in [0.4, 0.5) is 5.13 Å². The number of amides is 1. The number of methoxy groups -OCH3 is 2. The Labute approximate surface area is 228 Å². The van der Waals surface area contributed by atoms with Crippen molar-refractivity contribution in [2.45, 2.75) is 26.8 Å². The minimum absolute atomic E-state index is 0.0742. The number of benzene rings is 3. The molecule has 0 radical (unpaired) electrons. The molecule has 1 N–H and O–H groups in total. The molecule has 9 heteroatoms. The van der Waals surface area contributed by atoms with Crippen LogP contribution in [0.25, 0.3) is 16.0 Å². The molecule has 0 saturated carbocycles. The van der Waals surface area contributed by atoms with Gasteiger partial charge in [0.2, 0.25) is 0 Å². The Hall–Kier alpha value is -3.88. The summed E-state index contributed by atoms with van der Waals surface area (Å²) < 4.78 is 11.7. The maximum atomic E-state index is 13.6. The number of hydrogen-bond donors (Lipinski definition) is 1. The summed E-state index contributed by atoms with van der Waals surface area (Å²) in [5, 5.41) is 12.2. The van der Waals surface area contributed by atoms with Gasteiger partial charge in [-0.3, -0.25) is 14.5 Å². The molecule has 1 amide bonds. The van der Waals surface area contributed by atoms with Crippen LogP contribution in [0.1, 0.15) is 33.9 Å². The molecule has 1 saturated heterocycles. The summed E-state index contributed by atoms with van der Waals surface area (Å²) in [6, 6.07) is 13.5. The maximum absolute atomic E-state index is 13.6. The first kappa shape index (κ1) is 25.8. The molecule has 3 aromatic carbocycles. The molecule has 1 aliphatic rings. The molecule has 1 unspecified atom stereocenters. The van der Waals surface area contributed by atoms with Crippen molar-refractivity contribution < 1.29 is 24.2 Å². The van der Waals surface area contributed by atoms with E-state index in [1.165, 1.54) is 42.6 Å².